The molecule has 74 valence electrons. The van der Waals surface area contributed by atoms with Crippen molar-refractivity contribution in [2.24, 2.45) is 0 Å². The van der Waals surface area contributed by atoms with Gasteiger partial charge in [-0.3, -0.25) is 0 Å². The zero-order valence-corrected chi connectivity index (χ0v) is 8.04. The van der Waals surface area contributed by atoms with Crippen molar-refractivity contribution in [1.29, 1.82) is 0 Å². The Bertz CT molecular complexity index is 223. The zero-order chi connectivity index (χ0) is 10.4. The Labute approximate surface area is 76.3 Å². The fourth-order valence-corrected chi connectivity index (χ4v) is 0.677. The molecule has 0 saturated heterocycles. The van der Waals surface area contributed by atoms with E-state index in [0.717, 1.165) is 0 Å². The summed E-state index contributed by atoms with van der Waals surface area (Å²) < 4.78 is 13.5. The second-order valence-corrected chi connectivity index (χ2v) is 2.12. The van der Waals surface area contributed by atoms with Gasteiger partial charge in [-0.2, -0.15) is 0 Å². The SMILES string of the molecule is COC(=O)C(C(=O)OC)=C(C)OC. The first-order valence-electron chi connectivity index (χ1n) is 3.50. The number of carbonyl (C=O) groups excluding carboxylic acids is 2. The molecule has 0 unspecified atom stereocenters. The molecule has 0 fully saturated rings. The molecule has 0 bridgehead atoms. The van der Waals surface area contributed by atoms with Gasteiger partial charge in [-0.05, 0) is 6.92 Å². The topological polar surface area (TPSA) is 61.8 Å². The normalized spacial score (nSPS) is 8.62. The summed E-state index contributed by atoms with van der Waals surface area (Å²) in [5, 5.41) is 0. The summed E-state index contributed by atoms with van der Waals surface area (Å²) in [7, 11) is 3.70. The first kappa shape index (κ1) is 11.5. The molecule has 0 saturated carbocycles. The maximum Gasteiger partial charge on any atom is 0.348 e. The molecule has 0 aliphatic rings. The molecule has 0 aliphatic heterocycles. The van der Waals surface area contributed by atoms with E-state index in [1.165, 1.54) is 28.3 Å². The number of methoxy groups -OCH3 is 3. The van der Waals surface area contributed by atoms with E-state index in [2.05, 4.69) is 9.47 Å². The number of ether oxygens (including phenoxy) is 3. The van der Waals surface area contributed by atoms with Gasteiger partial charge in [0.1, 0.15) is 5.76 Å². The minimum atomic E-state index is -0.772. The Hall–Kier alpha value is -1.52. The van der Waals surface area contributed by atoms with Crippen molar-refractivity contribution < 1.29 is 23.8 Å². The molecule has 13 heavy (non-hydrogen) atoms. The van der Waals surface area contributed by atoms with Crippen LogP contribution in [0.25, 0.3) is 0 Å². The Kier molecular flexibility index (Phi) is 4.58. The van der Waals surface area contributed by atoms with Crippen molar-refractivity contribution in [3.05, 3.63) is 11.3 Å². The van der Waals surface area contributed by atoms with E-state index >= 15 is 0 Å². The number of hydrogen-bond donors (Lipinski definition) is 0. The van der Waals surface area contributed by atoms with Crippen molar-refractivity contribution >= 4 is 11.9 Å². The first-order valence-corrected chi connectivity index (χ1v) is 3.50. The van der Waals surface area contributed by atoms with Crippen LogP contribution in [0.2, 0.25) is 0 Å². The van der Waals surface area contributed by atoms with Crippen LogP contribution in [0, 0.1) is 0 Å². The van der Waals surface area contributed by atoms with Crippen LogP contribution < -0.4 is 0 Å². The Morgan fingerprint density at radius 3 is 1.46 bits per heavy atom. The van der Waals surface area contributed by atoms with Crippen LogP contribution in [-0.4, -0.2) is 33.3 Å². The lowest BCUT2D eigenvalue weighted by Crippen LogP contribution is -2.18. The monoisotopic (exact) mass is 188 g/mol. The molecule has 0 aromatic carbocycles. The Morgan fingerprint density at radius 2 is 1.23 bits per heavy atom. The van der Waals surface area contributed by atoms with E-state index < -0.39 is 11.9 Å². The largest absolute Gasteiger partial charge is 0.500 e. The number of allylic oxidation sites excluding steroid dienone is 1. The fourth-order valence-electron chi connectivity index (χ4n) is 0.677. The molecule has 0 spiro atoms. The summed E-state index contributed by atoms with van der Waals surface area (Å²) in [6.07, 6.45) is 0. The van der Waals surface area contributed by atoms with Crippen molar-refractivity contribution in [2.75, 3.05) is 21.3 Å². The zero-order valence-electron chi connectivity index (χ0n) is 8.04. The van der Waals surface area contributed by atoms with E-state index in [0.29, 0.717) is 0 Å². The quantitative estimate of drug-likeness (QED) is 0.209. The van der Waals surface area contributed by atoms with Gasteiger partial charge in [-0.25, -0.2) is 9.59 Å². The summed E-state index contributed by atoms with van der Waals surface area (Å²) in [4.78, 5) is 22.1. The van der Waals surface area contributed by atoms with Crippen LogP contribution in [-0.2, 0) is 23.8 Å². The highest BCUT2D eigenvalue weighted by molar-refractivity contribution is 6.14. The average molecular weight is 188 g/mol. The van der Waals surface area contributed by atoms with Gasteiger partial charge in [0.15, 0.2) is 5.57 Å². The Morgan fingerprint density at radius 1 is 0.846 bits per heavy atom. The lowest BCUT2D eigenvalue weighted by molar-refractivity contribution is -0.144. The molecule has 0 aromatic heterocycles. The molecule has 0 atom stereocenters. The second-order valence-electron chi connectivity index (χ2n) is 2.12. The van der Waals surface area contributed by atoms with Crippen LogP contribution in [0.15, 0.2) is 11.3 Å². The highest BCUT2D eigenvalue weighted by Crippen LogP contribution is 2.08. The molecule has 0 aromatic rings. The smallest absolute Gasteiger partial charge is 0.348 e. The number of hydrogen-bond acceptors (Lipinski definition) is 5. The number of rotatable bonds is 3. The van der Waals surface area contributed by atoms with Crippen LogP contribution in [0.3, 0.4) is 0 Å². The highest BCUT2D eigenvalue weighted by atomic mass is 16.5. The molecular weight excluding hydrogens is 176 g/mol. The van der Waals surface area contributed by atoms with Gasteiger partial charge in [0.25, 0.3) is 0 Å². The predicted octanol–water partition coefficient (Wildman–Crippen LogP) is 0.253. The first-order chi connectivity index (χ1) is 6.08. The average Bonchev–Trinajstić information content (AvgIpc) is 2.16. The Balaban J connectivity index is 4.97. The molecule has 0 rings (SSSR count). The van der Waals surface area contributed by atoms with Crippen molar-refractivity contribution in [2.45, 2.75) is 6.92 Å². The van der Waals surface area contributed by atoms with Crippen LogP contribution in [0.1, 0.15) is 6.92 Å². The minimum absolute atomic E-state index is 0.165. The van der Waals surface area contributed by atoms with Gasteiger partial charge in [-0.1, -0.05) is 0 Å². The van der Waals surface area contributed by atoms with Crippen LogP contribution in [0.5, 0.6) is 0 Å². The molecule has 0 radical (unpaired) electrons. The van der Waals surface area contributed by atoms with Gasteiger partial charge < -0.3 is 14.2 Å². The van der Waals surface area contributed by atoms with Crippen molar-refractivity contribution in [3.8, 4) is 0 Å². The lowest BCUT2D eigenvalue weighted by atomic mass is 10.2. The molecule has 0 amide bonds. The summed E-state index contributed by atoms with van der Waals surface area (Å²) in [5.74, 6) is -1.38. The maximum absolute atomic E-state index is 11.1. The van der Waals surface area contributed by atoms with Crippen LogP contribution >= 0.6 is 0 Å². The summed E-state index contributed by atoms with van der Waals surface area (Å²) in [6.45, 7) is 1.48. The summed E-state index contributed by atoms with van der Waals surface area (Å²) in [6, 6.07) is 0. The van der Waals surface area contributed by atoms with Crippen LogP contribution in [0.4, 0.5) is 0 Å². The van der Waals surface area contributed by atoms with Gasteiger partial charge in [0.05, 0.1) is 21.3 Å². The number of esters is 2. The van der Waals surface area contributed by atoms with E-state index in [9.17, 15) is 9.59 Å². The maximum atomic E-state index is 11.1. The summed E-state index contributed by atoms with van der Waals surface area (Å²) in [5.41, 5.74) is -0.229. The summed E-state index contributed by atoms with van der Waals surface area (Å²) >= 11 is 0. The van der Waals surface area contributed by atoms with Gasteiger partial charge in [0, 0.05) is 0 Å². The molecule has 0 aliphatic carbocycles. The van der Waals surface area contributed by atoms with E-state index in [1.54, 1.807) is 0 Å². The predicted molar refractivity (Wildman–Crippen MR) is 43.7 cm³/mol. The van der Waals surface area contributed by atoms with E-state index in [4.69, 9.17) is 4.74 Å². The molecule has 0 N–H and O–H groups in total. The standard InChI is InChI=1S/C8H12O5/c1-5(11-2)6(7(9)12-3)8(10)13-4/h1-4H3. The van der Waals surface area contributed by atoms with Crippen molar-refractivity contribution in [3.63, 3.8) is 0 Å². The molecule has 5 heteroatoms. The third-order valence-corrected chi connectivity index (χ3v) is 1.44. The molecule has 5 nitrogen and oxygen atoms in total. The van der Waals surface area contributed by atoms with E-state index in [-0.39, 0.29) is 11.3 Å². The van der Waals surface area contributed by atoms with Gasteiger partial charge >= 0.3 is 11.9 Å². The fraction of sp³-hybridized carbons (Fsp3) is 0.500. The minimum Gasteiger partial charge on any atom is -0.500 e. The second kappa shape index (κ2) is 5.18. The van der Waals surface area contributed by atoms with Gasteiger partial charge in [0.2, 0.25) is 0 Å². The third-order valence-electron chi connectivity index (χ3n) is 1.44. The van der Waals surface area contributed by atoms with Gasteiger partial charge in [-0.15, -0.1) is 0 Å². The highest BCUT2D eigenvalue weighted by Gasteiger charge is 2.23. The van der Waals surface area contributed by atoms with Crippen molar-refractivity contribution in [1.82, 2.24) is 0 Å². The van der Waals surface area contributed by atoms with E-state index in [1.807, 2.05) is 0 Å². The number of carbonyl (C=O) groups is 2. The molecular formula is C8H12O5. The third kappa shape index (κ3) is 2.77. The molecule has 0 heterocycles. The lowest BCUT2D eigenvalue weighted by Gasteiger charge is -2.06.